The number of carbonyl (C=O) groups excluding carboxylic acids is 1. The predicted molar refractivity (Wildman–Crippen MR) is 85.2 cm³/mol. The molecule has 0 saturated heterocycles. The van der Waals surface area contributed by atoms with Crippen molar-refractivity contribution in [1.82, 2.24) is 5.32 Å². The molecule has 3 nitrogen and oxygen atoms in total. The Morgan fingerprint density at radius 1 is 1.25 bits per heavy atom. The SMILES string of the molecule is CC(N)CC(=O)NC(C)c1ccc2c(c1)CCCC2.Cl. The molecule has 112 valence electrons. The van der Waals surface area contributed by atoms with Crippen molar-refractivity contribution in [3.8, 4) is 0 Å². The molecule has 4 heteroatoms. The molecule has 1 aliphatic carbocycles. The molecule has 0 heterocycles. The molecule has 0 spiro atoms. The summed E-state index contributed by atoms with van der Waals surface area (Å²) >= 11 is 0. The van der Waals surface area contributed by atoms with Gasteiger partial charge < -0.3 is 11.1 Å². The number of halogens is 1. The van der Waals surface area contributed by atoms with Gasteiger partial charge in [-0.25, -0.2) is 0 Å². The Kier molecular flexibility index (Phi) is 6.50. The molecule has 0 bridgehead atoms. The van der Waals surface area contributed by atoms with Crippen LogP contribution in [0.2, 0.25) is 0 Å². The van der Waals surface area contributed by atoms with Crippen LogP contribution in [0.25, 0.3) is 0 Å². The lowest BCUT2D eigenvalue weighted by atomic mass is 9.89. The number of fused-ring (bicyclic) bond motifs is 1. The minimum atomic E-state index is -0.0873. The second kappa shape index (κ2) is 7.65. The zero-order chi connectivity index (χ0) is 13.8. The van der Waals surface area contributed by atoms with Crippen molar-refractivity contribution in [2.24, 2.45) is 5.73 Å². The molecule has 0 fully saturated rings. The van der Waals surface area contributed by atoms with Gasteiger partial charge in [-0.1, -0.05) is 18.2 Å². The van der Waals surface area contributed by atoms with Crippen molar-refractivity contribution in [2.45, 2.75) is 58.0 Å². The summed E-state index contributed by atoms with van der Waals surface area (Å²) in [6, 6.07) is 6.58. The Balaban J connectivity index is 0.00000200. The topological polar surface area (TPSA) is 55.1 Å². The van der Waals surface area contributed by atoms with Crippen LogP contribution in [0.4, 0.5) is 0 Å². The molecule has 1 aromatic rings. The molecule has 2 unspecified atom stereocenters. The minimum absolute atomic E-state index is 0. The van der Waals surface area contributed by atoms with E-state index in [9.17, 15) is 4.79 Å². The molecule has 0 radical (unpaired) electrons. The van der Waals surface area contributed by atoms with E-state index in [2.05, 4.69) is 23.5 Å². The maximum Gasteiger partial charge on any atom is 0.222 e. The Morgan fingerprint density at radius 2 is 1.90 bits per heavy atom. The van der Waals surface area contributed by atoms with Crippen molar-refractivity contribution < 1.29 is 4.79 Å². The molecule has 20 heavy (non-hydrogen) atoms. The van der Waals surface area contributed by atoms with E-state index in [0.29, 0.717) is 6.42 Å². The van der Waals surface area contributed by atoms with Gasteiger partial charge in [-0.2, -0.15) is 0 Å². The van der Waals surface area contributed by atoms with Crippen molar-refractivity contribution in [2.75, 3.05) is 0 Å². The van der Waals surface area contributed by atoms with Gasteiger partial charge in [0.1, 0.15) is 0 Å². The number of nitrogens with one attached hydrogen (secondary N) is 1. The average Bonchev–Trinajstić information content (AvgIpc) is 2.37. The Morgan fingerprint density at radius 3 is 2.55 bits per heavy atom. The normalized spacial score (nSPS) is 16.6. The summed E-state index contributed by atoms with van der Waals surface area (Å²) < 4.78 is 0. The van der Waals surface area contributed by atoms with E-state index in [4.69, 9.17) is 5.73 Å². The molecule has 0 saturated carbocycles. The highest BCUT2D eigenvalue weighted by Crippen LogP contribution is 2.24. The first-order valence-electron chi connectivity index (χ1n) is 7.23. The van der Waals surface area contributed by atoms with E-state index in [-0.39, 0.29) is 30.4 Å². The average molecular weight is 297 g/mol. The molecule has 2 atom stereocenters. The lowest BCUT2D eigenvalue weighted by molar-refractivity contribution is -0.122. The number of rotatable bonds is 4. The molecule has 0 aliphatic heterocycles. The monoisotopic (exact) mass is 296 g/mol. The van der Waals surface area contributed by atoms with Gasteiger partial charge in [-0.15, -0.1) is 12.4 Å². The van der Waals surface area contributed by atoms with Crippen molar-refractivity contribution in [1.29, 1.82) is 0 Å². The summed E-state index contributed by atoms with van der Waals surface area (Å²) in [6.45, 7) is 3.88. The van der Waals surface area contributed by atoms with Gasteiger partial charge in [0, 0.05) is 12.5 Å². The van der Waals surface area contributed by atoms with Crippen LogP contribution < -0.4 is 11.1 Å². The van der Waals surface area contributed by atoms with E-state index < -0.39 is 0 Å². The lowest BCUT2D eigenvalue weighted by Crippen LogP contribution is -2.31. The van der Waals surface area contributed by atoms with Crippen LogP contribution in [-0.2, 0) is 17.6 Å². The second-order valence-electron chi connectivity index (χ2n) is 5.71. The third kappa shape index (κ3) is 4.50. The Labute approximate surface area is 127 Å². The van der Waals surface area contributed by atoms with Crippen molar-refractivity contribution in [3.63, 3.8) is 0 Å². The third-order valence-corrected chi connectivity index (χ3v) is 3.76. The predicted octanol–water partition coefficient (Wildman–Crippen LogP) is 2.90. The fraction of sp³-hybridized carbons (Fsp3) is 0.562. The van der Waals surface area contributed by atoms with E-state index in [0.717, 1.165) is 0 Å². The standard InChI is InChI=1S/C16H24N2O.ClH/c1-11(17)9-16(19)18-12(2)14-8-7-13-5-3-4-6-15(13)10-14;/h7-8,10-12H,3-6,9,17H2,1-2H3,(H,18,19);1H. The molecule has 2 rings (SSSR count). The fourth-order valence-electron chi connectivity index (χ4n) is 2.70. The third-order valence-electron chi connectivity index (χ3n) is 3.76. The van der Waals surface area contributed by atoms with E-state index >= 15 is 0 Å². The summed E-state index contributed by atoms with van der Waals surface area (Å²) in [7, 11) is 0. The summed E-state index contributed by atoms with van der Waals surface area (Å²) in [5.74, 6) is 0.0280. The first-order chi connectivity index (χ1) is 9.06. The van der Waals surface area contributed by atoms with E-state index in [1.165, 1.54) is 42.4 Å². The highest BCUT2D eigenvalue weighted by molar-refractivity contribution is 5.85. The number of hydrogen-bond acceptors (Lipinski definition) is 2. The van der Waals surface area contributed by atoms with Crippen LogP contribution in [0.1, 0.15) is 55.8 Å². The quantitative estimate of drug-likeness (QED) is 0.897. The molecule has 1 aliphatic rings. The molecule has 0 aromatic heterocycles. The Bertz CT molecular complexity index is 460. The number of benzene rings is 1. The highest BCUT2D eigenvalue weighted by Gasteiger charge is 2.14. The summed E-state index contributed by atoms with van der Waals surface area (Å²) in [4.78, 5) is 11.7. The molecule has 1 amide bonds. The van der Waals surface area contributed by atoms with Crippen molar-refractivity contribution in [3.05, 3.63) is 34.9 Å². The zero-order valence-corrected chi connectivity index (χ0v) is 13.1. The van der Waals surface area contributed by atoms with Crippen LogP contribution >= 0.6 is 12.4 Å². The van der Waals surface area contributed by atoms with Gasteiger partial charge in [0.05, 0.1) is 6.04 Å². The molecule has 1 aromatic carbocycles. The highest BCUT2D eigenvalue weighted by atomic mass is 35.5. The number of hydrogen-bond donors (Lipinski definition) is 2. The number of nitrogens with two attached hydrogens (primary N) is 1. The van der Waals surface area contributed by atoms with Gasteiger partial charge in [-0.05, 0) is 56.2 Å². The van der Waals surface area contributed by atoms with Crippen LogP contribution in [0, 0.1) is 0 Å². The summed E-state index contributed by atoms with van der Waals surface area (Å²) in [5.41, 5.74) is 9.76. The van der Waals surface area contributed by atoms with Crippen LogP contribution in [-0.4, -0.2) is 11.9 Å². The van der Waals surface area contributed by atoms with Gasteiger partial charge in [0.15, 0.2) is 0 Å². The number of aryl methyl sites for hydroxylation is 2. The van der Waals surface area contributed by atoms with Gasteiger partial charge in [-0.3, -0.25) is 4.79 Å². The summed E-state index contributed by atoms with van der Waals surface area (Å²) in [5, 5.41) is 3.02. The van der Waals surface area contributed by atoms with E-state index in [1.54, 1.807) is 0 Å². The smallest absolute Gasteiger partial charge is 0.222 e. The Hall–Kier alpha value is -1.06. The first kappa shape index (κ1) is 17.0. The number of carbonyl (C=O) groups is 1. The van der Waals surface area contributed by atoms with Crippen LogP contribution in [0.5, 0.6) is 0 Å². The minimum Gasteiger partial charge on any atom is -0.350 e. The number of amides is 1. The lowest BCUT2D eigenvalue weighted by Gasteiger charge is -2.20. The van der Waals surface area contributed by atoms with Crippen molar-refractivity contribution >= 4 is 18.3 Å². The molecule has 3 N–H and O–H groups in total. The van der Waals surface area contributed by atoms with Crippen LogP contribution in [0.15, 0.2) is 18.2 Å². The van der Waals surface area contributed by atoms with Gasteiger partial charge >= 0.3 is 0 Å². The first-order valence-corrected chi connectivity index (χ1v) is 7.23. The largest absolute Gasteiger partial charge is 0.350 e. The zero-order valence-electron chi connectivity index (χ0n) is 12.3. The maximum atomic E-state index is 11.7. The van der Waals surface area contributed by atoms with Gasteiger partial charge in [0.2, 0.25) is 5.91 Å². The van der Waals surface area contributed by atoms with Crippen LogP contribution in [0.3, 0.4) is 0 Å². The summed E-state index contributed by atoms with van der Waals surface area (Å²) in [6.07, 6.45) is 5.33. The van der Waals surface area contributed by atoms with Gasteiger partial charge in [0.25, 0.3) is 0 Å². The molecular weight excluding hydrogens is 272 g/mol. The maximum absolute atomic E-state index is 11.7. The second-order valence-corrected chi connectivity index (χ2v) is 5.71. The fourth-order valence-corrected chi connectivity index (χ4v) is 2.70. The van der Waals surface area contributed by atoms with E-state index in [1.807, 2.05) is 13.8 Å². The molecular formula is C16H25ClN2O.